The molecule has 0 spiro atoms. The van der Waals surface area contributed by atoms with Crippen LogP contribution in [0.3, 0.4) is 0 Å². The van der Waals surface area contributed by atoms with Crippen molar-refractivity contribution >= 4 is 28.2 Å². The fraction of sp³-hybridized carbons (Fsp3) is 0.214. The second kappa shape index (κ2) is 12.5. The maximum absolute atomic E-state index is 11.8. The molecule has 0 amide bonds. The molecule has 0 bridgehead atoms. The maximum atomic E-state index is 11.8. The highest BCUT2D eigenvalue weighted by Crippen LogP contribution is 2.26. The summed E-state index contributed by atoms with van der Waals surface area (Å²) in [5, 5.41) is 9.75. The number of aryl methyl sites for hydroxylation is 2. The Labute approximate surface area is 231 Å². The number of fused-ring (bicyclic) bond motifs is 2. The van der Waals surface area contributed by atoms with E-state index in [1.54, 1.807) is 6.92 Å². The molecule has 0 saturated carbocycles. The Bertz CT molecular complexity index is 1960. The fourth-order valence-corrected chi connectivity index (χ4v) is 3.89. The minimum absolute atomic E-state index is 0.0731. The van der Waals surface area contributed by atoms with Gasteiger partial charge in [-0.25, -0.2) is 14.4 Å². The molecule has 0 aliphatic carbocycles. The molecule has 1 aromatic carbocycles. The summed E-state index contributed by atoms with van der Waals surface area (Å²) in [6.07, 6.45) is 1.07. The van der Waals surface area contributed by atoms with Gasteiger partial charge in [0.05, 0.1) is 7.11 Å². The minimum atomic E-state index is -0.807. The quantitative estimate of drug-likeness (QED) is 0.301. The summed E-state index contributed by atoms with van der Waals surface area (Å²) in [6.45, 7) is 4.00. The van der Waals surface area contributed by atoms with Gasteiger partial charge < -0.3 is 23.3 Å². The number of esters is 1. The normalized spacial score (nSPS) is 10.5. The van der Waals surface area contributed by atoms with E-state index in [0.717, 1.165) is 18.2 Å². The lowest BCUT2D eigenvalue weighted by Gasteiger charge is -2.10. The van der Waals surface area contributed by atoms with Gasteiger partial charge in [-0.3, -0.25) is 4.79 Å². The molecule has 0 saturated heterocycles. The number of benzene rings is 1. The Morgan fingerprint density at radius 3 is 2.12 bits per heavy atom. The average Bonchev–Trinajstić information content (AvgIpc) is 2.98. The number of aromatic amines is 1. The van der Waals surface area contributed by atoms with Crippen molar-refractivity contribution in [3.8, 4) is 11.9 Å². The Kier molecular flexibility index (Phi) is 8.63. The number of hydrogen-bond acceptors (Lipinski definition) is 12. The summed E-state index contributed by atoms with van der Waals surface area (Å²) in [5.41, 5.74) is 0.455. The summed E-state index contributed by atoms with van der Waals surface area (Å²) < 4.78 is 20.1. The van der Waals surface area contributed by atoms with Crippen LogP contribution >= 0.6 is 0 Å². The second-order valence-electron chi connectivity index (χ2n) is 8.39. The topological polar surface area (TPSA) is 191 Å². The van der Waals surface area contributed by atoms with Crippen molar-refractivity contribution in [3.05, 3.63) is 102 Å². The van der Waals surface area contributed by atoms with Gasteiger partial charge in [0.2, 0.25) is 29.0 Å². The number of nitrogens with zero attached hydrogens (tertiary/aromatic N) is 4. The largest absolute Gasteiger partial charge is 0.472 e. The Morgan fingerprint density at radius 2 is 1.54 bits per heavy atom. The van der Waals surface area contributed by atoms with Crippen molar-refractivity contribution < 1.29 is 23.1 Å². The maximum Gasteiger partial charge on any atom is 0.374 e. The smallest absolute Gasteiger partial charge is 0.374 e. The first-order chi connectivity index (χ1) is 19.8. The van der Waals surface area contributed by atoms with Crippen molar-refractivity contribution in [3.63, 3.8) is 0 Å². The number of H-pyrrole nitrogens is 1. The number of carbonyl (C=O) groups is 1. The molecule has 5 rings (SSSR count). The third kappa shape index (κ3) is 6.34. The molecule has 13 nitrogen and oxygen atoms in total. The Morgan fingerprint density at radius 1 is 0.927 bits per heavy atom. The number of aromatic nitrogens is 4. The van der Waals surface area contributed by atoms with Gasteiger partial charge in [-0.2, -0.15) is 20.2 Å². The van der Waals surface area contributed by atoms with Gasteiger partial charge in [-0.15, -0.1) is 0 Å². The molecule has 208 valence electrons. The highest BCUT2D eigenvalue weighted by atomic mass is 16.5. The van der Waals surface area contributed by atoms with E-state index in [-0.39, 0.29) is 34.3 Å². The first-order valence-corrected chi connectivity index (χ1v) is 12.3. The number of ether oxygens (including phenoxy) is 2. The van der Waals surface area contributed by atoms with Gasteiger partial charge in [0.15, 0.2) is 0 Å². The van der Waals surface area contributed by atoms with Crippen LogP contribution in [0.15, 0.2) is 65.7 Å². The van der Waals surface area contributed by atoms with Crippen LogP contribution < -0.4 is 21.5 Å². The van der Waals surface area contributed by atoms with Crippen LogP contribution in [0, 0.1) is 11.3 Å². The van der Waals surface area contributed by atoms with E-state index in [0.29, 0.717) is 30.4 Å². The molecular formula is C28H23N5O8. The highest BCUT2D eigenvalue weighted by molar-refractivity contribution is 5.87. The van der Waals surface area contributed by atoms with Crippen molar-refractivity contribution in [1.82, 2.24) is 19.9 Å². The molecule has 0 fully saturated rings. The van der Waals surface area contributed by atoms with E-state index >= 15 is 0 Å². The zero-order valence-corrected chi connectivity index (χ0v) is 22.2. The van der Waals surface area contributed by atoms with Crippen LogP contribution in [0.25, 0.3) is 22.2 Å². The molecule has 5 aromatic rings. The zero-order chi connectivity index (χ0) is 29.5. The summed E-state index contributed by atoms with van der Waals surface area (Å²) in [6, 6.07) is 14.1. The standard InChI is InChI=1S/C17H13N3O3.C11H10N2O5/c1-2-12-8-14(21)23-17-15(12)16(19-13(9-18)20-17)22-10-11-6-4-3-5-7-11;1-3-5-4-6(14)18-10-7(5)9(15)12-8(13-10)11(16)17-2/h3-8H,2,10H2,1H3;4H,3H2,1-2H3,(H,12,13,15). The molecular weight excluding hydrogens is 534 g/mol. The van der Waals surface area contributed by atoms with Gasteiger partial charge in [0, 0.05) is 12.1 Å². The van der Waals surface area contributed by atoms with Crippen LogP contribution in [0.5, 0.6) is 5.88 Å². The molecule has 0 aliphatic rings. The lowest BCUT2D eigenvalue weighted by Crippen LogP contribution is -2.19. The average molecular weight is 558 g/mol. The third-order valence-corrected chi connectivity index (χ3v) is 5.81. The highest BCUT2D eigenvalue weighted by Gasteiger charge is 2.17. The van der Waals surface area contributed by atoms with Crippen molar-refractivity contribution in [2.45, 2.75) is 33.3 Å². The van der Waals surface area contributed by atoms with E-state index < -0.39 is 22.8 Å². The summed E-state index contributed by atoms with van der Waals surface area (Å²) in [5.74, 6) is -0.960. The molecule has 4 aromatic heterocycles. The van der Waals surface area contributed by atoms with Crippen LogP contribution in [0.1, 0.15) is 47.0 Å². The molecule has 0 unspecified atom stereocenters. The van der Waals surface area contributed by atoms with Gasteiger partial charge in [0.1, 0.15) is 23.4 Å². The third-order valence-electron chi connectivity index (χ3n) is 5.81. The first-order valence-electron chi connectivity index (χ1n) is 12.3. The Balaban J connectivity index is 0.000000195. The molecule has 0 radical (unpaired) electrons. The number of nitrogens with one attached hydrogen (secondary N) is 1. The molecule has 1 N–H and O–H groups in total. The van der Waals surface area contributed by atoms with Crippen LogP contribution in [-0.4, -0.2) is 33.0 Å². The first kappa shape index (κ1) is 28.4. The number of methoxy groups -OCH3 is 1. The fourth-order valence-electron chi connectivity index (χ4n) is 3.89. The van der Waals surface area contributed by atoms with Crippen molar-refractivity contribution in [2.24, 2.45) is 0 Å². The number of nitriles is 1. The predicted octanol–water partition coefficient (Wildman–Crippen LogP) is 2.82. The van der Waals surface area contributed by atoms with Crippen LogP contribution in [-0.2, 0) is 24.2 Å². The van der Waals surface area contributed by atoms with Gasteiger partial charge in [-0.05, 0) is 29.5 Å². The van der Waals surface area contributed by atoms with Crippen molar-refractivity contribution in [1.29, 1.82) is 5.26 Å². The monoisotopic (exact) mass is 557 g/mol. The molecule has 4 heterocycles. The second-order valence-corrected chi connectivity index (χ2v) is 8.39. The number of rotatable bonds is 6. The lowest BCUT2D eigenvalue weighted by atomic mass is 10.1. The van der Waals surface area contributed by atoms with Gasteiger partial charge in [-0.1, -0.05) is 44.2 Å². The number of hydrogen-bond donors (Lipinski definition) is 1. The van der Waals surface area contributed by atoms with E-state index in [1.165, 1.54) is 12.1 Å². The van der Waals surface area contributed by atoms with Crippen LogP contribution in [0.2, 0.25) is 0 Å². The molecule has 41 heavy (non-hydrogen) atoms. The predicted molar refractivity (Wildman–Crippen MR) is 145 cm³/mol. The Hall–Kier alpha value is -5.64. The summed E-state index contributed by atoms with van der Waals surface area (Å²) in [4.78, 5) is 60.2. The van der Waals surface area contributed by atoms with Gasteiger partial charge >= 0.3 is 17.2 Å². The minimum Gasteiger partial charge on any atom is -0.472 e. The van der Waals surface area contributed by atoms with E-state index in [4.69, 9.17) is 18.8 Å². The summed E-state index contributed by atoms with van der Waals surface area (Å²) in [7, 11) is 1.16. The number of carbonyl (C=O) groups excluding carboxylic acids is 1. The van der Waals surface area contributed by atoms with E-state index in [9.17, 15) is 19.2 Å². The van der Waals surface area contributed by atoms with Crippen LogP contribution in [0.4, 0.5) is 0 Å². The molecule has 13 heteroatoms. The van der Waals surface area contributed by atoms with E-state index in [2.05, 4.69) is 24.7 Å². The zero-order valence-electron chi connectivity index (χ0n) is 22.2. The molecule has 0 aliphatic heterocycles. The van der Waals surface area contributed by atoms with Gasteiger partial charge in [0.25, 0.3) is 5.56 Å². The summed E-state index contributed by atoms with van der Waals surface area (Å²) >= 11 is 0. The van der Waals surface area contributed by atoms with Crippen molar-refractivity contribution in [2.75, 3.05) is 7.11 Å². The SMILES string of the molecule is CCc1cc(=O)oc2nc(C#N)nc(OCc3ccccc3)c12.CCc1cc(=O)oc2nc(C(=O)OC)[nH]c(=O)c12. The lowest BCUT2D eigenvalue weighted by molar-refractivity contribution is 0.0586. The molecule has 0 atom stereocenters. The van der Waals surface area contributed by atoms with E-state index in [1.807, 2.05) is 43.3 Å².